The SMILES string of the molecule is O=CNc1cc(=O)c2ccccc2o1. The summed E-state index contributed by atoms with van der Waals surface area (Å²) in [5, 5.41) is 2.80. The third-order valence-electron chi connectivity index (χ3n) is 1.84. The molecule has 0 fully saturated rings. The molecule has 0 saturated heterocycles. The van der Waals surface area contributed by atoms with Crippen LogP contribution < -0.4 is 10.7 Å². The van der Waals surface area contributed by atoms with Crippen molar-refractivity contribution in [2.24, 2.45) is 0 Å². The lowest BCUT2D eigenvalue weighted by atomic mass is 10.2. The van der Waals surface area contributed by atoms with Crippen molar-refractivity contribution < 1.29 is 9.21 Å². The second-order valence-corrected chi connectivity index (χ2v) is 2.73. The molecule has 0 atom stereocenters. The molecule has 1 N–H and O–H groups in total. The zero-order valence-electron chi connectivity index (χ0n) is 7.19. The number of nitrogens with one attached hydrogen (secondary N) is 1. The van der Waals surface area contributed by atoms with E-state index in [1.54, 1.807) is 24.3 Å². The van der Waals surface area contributed by atoms with Gasteiger partial charge in [-0.3, -0.25) is 14.9 Å². The van der Waals surface area contributed by atoms with Crippen molar-refractivity contribution in [3.63, 3.8) is 0 Å². The molecule has 0 aliphatic carbocycles. The van der Waals surface area contributed by atoms with Crippen molar-refractivity contribution in [3.8, 4) is 0 Å². The minimum atomic E-state index is -0.170. The molecule has 1 aromatic heterocycles. The molecule has 2 aromatic rings. The Bertz CT molecular complexity index is 530. The molecule has 0 saturated carbocycles. The number of rotatable bonds is 2. The highest BCUT2D eigenvalue weighted by atomic mass is 16.3. The summed E-state index contributed by atoms with van der Waals surface area (Å²) in [6, 6.07) is 8.11. The standard InChI is InChI=1S/C10H7NO3/c12-6-11-10-5-8(13)7-3-1-2-4-9(7)14-10/h1-6H,(H,11,12). The van der Waals surface area contributed by atoms with E-state index < -0.39 is 0 Å². The molecule has 1 heterocycles. The van der Waals surface area contributed by atoms with Crippen LogP contribution in [0.4, 0.5) is 5.88 Å². The molecule has 4 nitrogen and oxygen atoms in total. The zero-order chi connectivity index (χ0) is 9.97. The Morgan fingerprint density at radius 2 is 2.07 bits per heavy atom. The lowest BCUT2D eigenvalue weighted by Crippen LogP contribution is -2.03. The molecule has 0 unspecified atom stereocenters. The van der Waals surface area contributed by atoms with Crippen LogP contribution in [0.3, 0.4) is 0 Å². The van der Waals surface area contributed by atoms with Crippen LogP contribution in [0.15, 0.2) is 39.5 Å². The summed E-state index contributed by atoms with van der Waals surface area (Å²) in [4.78, 5) is 21.6. The number of carbonyl (C=O) groups is 1. The Balaban J connectivity index is 2.72. The normalized spacial score (nSPS) is 10.0. The maximum atomic E-state index is 11.5. The van der Waals surface area contributed by atoms with Gasteiger partial charge in [0.05, 0.1) is 5.39 Å². The zero-order valence-corrected chi connectivity index (χ0v) is 7.19. The first-order valence-electron chi connectivity index (χ1n) is 4.04. The van der Waals surface area contributed by atoms with Gasteiger partial charge in [0, 0.05) is 6.07 Å². The highest BCUT2D eigenvalue weighted by molar-refractivity contribution is 5.79. The lowest BCUT2D eigenvalue weighted by Gasteiger charge is -1.99. The second-order valence-electron chi connectivity index (χ2n) is 2.73. The summed E-state index contributed by atoms with van der Waals surface area (Å²) in [6.07, 6.45) is 0.465. The Labute approximate surface area is 79.2 Å². The van der Waals surface area contributed by atoms with E-state index in [-0.39, 0.29) is 11.3 Å². The van der Waals surface area contributed by atoms with Crippen LogP contribution in [0.25, 0.3) is 11.0 Å². The molecule has 1 aromatic carbocycles. The maximum Gasteiger partial charge on any atom is 0.213 e. The highest BCUT2D eigenvalue weighted by Gasteiger charge is 2.02. The van der Waals surface area contributed by atoms with Gasteiger partial charge in [0.25, 0.3) is 0 Å². The van der Waals surface area contributed by atoms with E-state index in [1.807, 2.05) is 0 Å². The number of anilines is 1. The Morgan fingerprint density at radius 1 is 1.29 bits per heavy atom. The van der Waals surface area contributed by atoms with Crippen LogP contribution in [0.1, 0.15) is 0 Å². The molecule has 0 spiro atoms. The molecular weight excluding hydrogens is 182 g/mol. The van der Waals surface area contributed by atoms with Gasteiger partial charge in [-0.15, -0.1) is 0 Å². The average Bonchev–Trinajstić information content (AvgIpc) is 2.18. The number of benzene rings is 1. The van der Waals surface area contributed by atoms with Gasteiger partial charge < -0.3 is 4.42 Å². The third-order valence-corrected chi connectivity index (χ3v) is 1.84. The molecule has 0 radical (unpaired) electrons. The van der Waals surface area contributed by atoms with E-state index in [4.69, 9.17) is 4.42 Å². The molecule has 70 valence electrons. The average molecular weight is 189 g/mol. The number of hydrogen-bond acceptors (Lipinski definition) is 3. The van der Waals surface area contributed by atoms with Crippen molar-refractivity contribution in [2.45, 2.75) is 0 Å². The summed E-state index contributed by atoms with van der Waals surface area (Å²) in [5.41, 5.74) is 0.292. The first kappa shape index (κ1) is 8.50. The van der Waals surface area contributed by atoms with Crippen LogP contribution in [0.2, 0.25) is 0 Å². The summed E-state index contributed by atoms with van der Waals surface area (Å²) < 4.78 is 5.24. The first-order valence-corrected chi connectivity index (χ1v) is 4.04. The van der Waals surface area contributed by atoms with Crippen molar-refractivity contribution in [2.75, 3.05) is 5.32 Å². The number of amides is 1. The Hall–Kier alpha value is -2.10. The number of para-hydroxylation sites is 1. The smallest absolute Gasteiger partial charge is 0.213 e. The predicted molar refractivity (Wildman–Crippen MR) is 52.2 cm³/mol. The van der Waals surface area contributed by atoms with Gasteiger partial charge in [-0.25, -0.2) is 0 Å². The first-order chi connectivity index (χ1) is 6.81. The molecule has 0 bridgehead atoms. The van der Waals surface area contributed by atoms with Crippen molar-refractivity contribution in [1.82, 2.24) is 0 Å². The van der Waals surface area contributed by atoms with Crippen LogP contribution in [-0.2, 0) is 4.79 Å². The minimum Gasteiger partial charge on any atom is -0.440 e. The van der Waals surface area contributed by atoms with Gasteiger partial charge in [0.1, 0.15) is 5.58 Å². The topological polar surface area (TPSA) is 59.3 Å². The molecule has 2 rings (SSSR count). The van der Waals surface area contributed by atoms with Crippen LogP contribution in [0, 0.1) is 0 Å². The molecule has 0 aliphatic heterocycles. The largest absolute Gasteiger partial charge is 0.440 e. The fraction of sp³-hybridized carbons (Fsp3) is 0. The number of hydrogen-bond donors (Lipinski definition) is 1. The molecule has 4 heteroatoms. The van der Waals surface area contributed by atoms with E-state index >= 15 is 0 Å². The fourth-order valence-electron chi connectivity index (χ4n) is 1.23. The van der Waals surface area contributed by atoms with Crippen molar-refractivity contribution in [1.29, 1.82) is 0 Å². The van der Waals surface area contributed by atoms with Crippen LogP contribution in [-0.4, -0.2) is 6.41 Å². The van der Waals surface area contributed by atoms with E-state index in [0.717, 1.165) is 0 Å². The minimum absolute atomic E-state index is 0.156. The maximum absolute atomic E-state index is 11.5. The lowest BCUT2D eigenvalue weighted by molar-refractivity contribution is -0.105. The second kappa shape index (κ2) is 3.33. The van der Waals surface area contributed by atoms with Gasteiger partial charge in [-0.05, 0) is 12.1 Å². The van der Waals surface area contributed by atoms with Crippen molar-refractivity contribution in [3.05, 3.63) is 40.6 Å². The quantitative estimate of drug-likeness (QED) is 0.725. The summed E-state index contributed by atoms with van der Waals surface area (Å²) in [5.74, 6) is 0.156. The molecule has 1 amide bonds. The van der Waals surface area contributed by atoms with Gasteiger partial charge in [-0.1, -0.05) is 12.1 Å². The van der Waals surface area contributed by atoms with Gasteiger partial charge in [-0.2, -0.15) is 0 Å². The number of fused-ring (bicyclic) bond motifs is 1. The van der Waals surface area contributed by atoms with E-state index in [2.05, 4.69) is 5.32 Å². The van der Waals surface area contributed by atoms with Crippen LogP contribution >= 0.6 is 0 Å². The third kappa shape index (κ3) is 1.37. The van der Waals surface area contributed by atoms with E-state index in [9.17, 15) is 9.59 Å². The van der Waals surface area contributed by atoms with E-state index in [1.165, 1.54) is 6.07 Å². The Morgan fingerprint density at radius 3 is 2.86 bits per heavy atom. The van der Waals surface area contributed by atoms with Gasteiger partial charge >= 0.3 is 0 Å². The monoisotopic (exact) mass is 189 g/mol. The van der Waals surface area contributed by atoms with Gasteiger partial charge in [0.2, 0.25) is 12.3 Å². The fourth-order valence-corrected chi connectivity index (χ4v) is 1.23. The van der Waals surface area contributed by atoms with Gasteiger partial charge in [0.15, 0.2) is 5.43 Å². The summed E-state index contributed by atoms with van der Waals surface area (Å²) in [7, 11) is 0. The number of carbonyl (C=O) groups excluding carboxylic acids is 1. The Kier molecular flexibility index (Phi) is 2.02. The van der Waals surface area contributed by atoms with Crippen molar-refractivity contribution >= 4 is 23.3 Å². The molecule has 0 aliphatic rings. The summed E-state index contributed by atoms with van der Waals surface area (Å²) >= 11 is 0. The predicted octanol–water partition coefficient (Wildman–Crippen LogP) is 1.36. The van der Waals surface area contributed by atoms with E-state index in [0.29, 0.717) is 17.4 Å². The highest BCUT2D eigenvalue weighted by Crippen LogP contribution is 2.13. The van der Waals surface area contributed by atoms with Crippen LogP contribution in [0.5, 0.6) is 0 Å². The summed E-state index contributed by atoms with van der Waals surface area (Å²) in [6.45, 7) is 0. The molecular formula is C10H7NO3. The molecule has 14 heavy (non-hydrogen) atoms.